The number of hydrogen-bond acceptors (Lipinski definition) is 5. The van der Waals surface area contributed by atoms with E-state index in [2.05, 4.69) is 4.98 Å². The molecular weight excluding hydrogens is 292 g/mol. The monoisotopic (exact) mass is 308 g/mol. The zero-order chi connectivity index (χ0) is 15.2. The molecule has 0 saturated heterocycles. The Hall–Kier alpha value is -1.98. The van der Waals surface area contributed by atoms with Crippen LogP contribution in [0.15, 0.2) is 30.5 Å². The predicted octanol–water partition coefficient (Wildman–Crippen LogP) is 2.79. The maximum Gasteiger partial charge on any atom is 0.219 e. The molecule has 0 amide bonds. The highest BCUT2D eigenvalue weighted by molar-refractivity contribution is 6.30. The Labute approximate surface area is 128 Å². The van der Waals surface area contributed by atoms with Crippen molar-refractivity contribution < 1.29 is 14.2 Å². The van der Waals surface area contributed by atoms with Gasteiger partial charge in [-0.25, -0.2) is 4.98 Å². The molecule has 2 rings (SSSR count). The van der Waals surface area contributed by atoms with Gasteiger partial charge in [-0.1, -0.05) is 11.6 Å². The van der Waals surface area contributed by atoms with E-state index in [4.69, 9.17) is 31.5 Å². The van der Waals surface area contributed by atoms with Gasteiger partial charge in [-0.2, -0.15) is 0 Å². The van der Waals surface area contributed by atoms with E-state index >= 15 is 0 Å². The van der Waals surface area contributed by atoms with Crippen LogP contribution in [0.5, 0.6) is 17.4 Å². The van der Waals surface area contributed by atoms with Crippen molar-refractivity contribution in [3.8, 4) is 17.4 Å². The summed E-state index contributed by atoms with van der Waals surface area (Å²) in [5.41, 5.74) is 7.35. The molecule has 0 aliphatic heterocycles. The summed E-state index contributed by atoms with van der Waals surface area (Å²) in [5, 5.41) is 0.554. The molecule has 0 aliphatic carbocycles. The molecule has 6 heteroatoms. The van der Waals surface area contributed by atoms with Crippen molar-refractivity contribution in [1.82, 2.24) is 4.98 Å². The standard InChI is InChI=1S/C15H17ClN2O3/c1-19-13-7-12(16)6-11(8-17)14(13)21-9-10-4-3-5-18-15(10)20-2/h3-7H,8-9,17H2,1-2H3. The number of rotatable bonds is 6. The number of methoxy groups -OCH3 is 2. The third-order valence-electron chi connectivity index (χ3n) is 2.95. The van der Waals surface area contributed by atoms with E-state index < -0.39 is 0 Å². The van der Waals surface area contributed by atoms with Crippen molar-refractivity contribution >= 4 is 11.6 Å². The maximum atomic E-state index is 6.02. The van der Waals surface area contributed by atoms with Crippen LogP contribution in [0.1, 0.15) is 11.1 Å². The summed E-state index contributed by atoms with van der Waals surface area (Å²) in [4.78, 5) is 4.13. The number of ether oxygens (including phenoxy) is 3. The molecule has 0 bridgehead atoms. The van der Waals surface area contributed by atoms with Gasteiger partial charge in [0.15, 0.2) is 11.5 Å². The number of pyridine rings is 1. The van der Waals surface area contributed by atoms with Crippen LogP contribution in [-0.2, 0) is 13.2 Å². The first-order valence-corrected chi connectivity index (χ1v) is 6.74. The van der Waals surface area contributed by atoms with Gasteiger partial charge in [-0.3, -0.25) is 0 Å². The van der Waals surface area contributed by atoms with Gasteiger partial charge >= 0.3 is 0 Å². The van der Waals surface area contributed by atoms with Crippen LogP contribution in [0.3, 0.4) is 0 Å². The number of nitrogens with two attached hydrogens (primary N) is 1. The molecule has 0 saturated carbocycles. The van der Waals surface area contributed by atoms with Crippen LogP contribution < -0.4 is 19.9 Å². The molecule has 0 fully saturated rings. The molecule has 112 valence electrons. The van der Waals surface area contributed by atoms with E-state index in [-0.39, 0.29) is 0 Å². The smallest absolute Gasteiger partial charge is 0.219 e. The van der Waals surface area contributed by atoms with Crippen molar-refractivity contribution in [2.45, 2.75) is 13.2 Å². The lowest BCUT2D eigenvalue weighted by Gasteiger charge is -2.15. The highest BCUT2D eigenvalue weighted by atomic mass is 35.5. The van der Waals surface area contributed by atoms with Crippen LogP contribution in [0.2, 0.25) is 5.02 Å². The van der Waals surface area contributed by atoms with Gasteiger partial charge < -0.3 is 19.9 Å². The van der Waals surface area contributed by atoms with Crippen molar-refractivity contribution in [2.24, 2.45) is 5.73 Å². The summed E-state index contributed by atoms with van der Waals surface area (Å²) in [6.45, 7) is 0.596. The summed E-state index contributed by atoms with van der Waals surface area (Å²) < 4.78 is 16.3. The van der Waals surface area contributed by atoms with Gasteiger partial charge in [0, 0.05) is 29.4 Å². The van der Waals surface area contributed by atoms with Crippen molar-refractivity contribution in [3.05, 3.63) is 46.6 Å². The lowest BCUT2D eigenvalue weighted by molar-refractivity contribution is 0.273. The van der Waals surface area contributed by atoms with Gasteiger partial charge in [-0.15, -0.1) is 0 Å². The fourth-order valence-corrected chi connectivity index (χ4v) is 2.19. The Bertz CT molecular complexity index is 595. The van der Waals surface area contributed by atoms with E-state index in [1.165, 1.54) is 0 Å². The molecule has 1 aromatic heterocycles. The lowest BCUT2D eigenvalue weighted by Crippen LogP contribution is -2.06. The molecule has 5 nitrogen and oxygen atoms in total. The molecule has 0 atom stereocenters. The van der Waals surface area contributed by atoms with Crippen molar-refractivity contribution in [1.29, 1.82) is 0 Å². The Morgan fingerprint density at radius 3 is 2.67 bits per heavy atom. The van der Waals surface area contributed by atoms with E-state index in [0.717, 1.165) is 11.1 Å². The molecule has 0 unspecified atom stereocenters. The highest BCUT2D eigenvalue weighted by Crippen LogP contribution is 2.35. The average Bonchev–Trinajstić information content (AvgIpc) is 2.52. The van der Waals surface area contributed by atoms with Crippen molar-refractivity contribution in [3.63, 3.8) is 0 Å². The molecule has 0 spiro atoms. The van der Waals surface area contributed by atoms with E-state index in [9.17, 15) is 0 Å². The Balaban J connectivity index is 2.27. The van der Waals surface area contributed by atoms with Crippen LogP contribution in [0, 0.1) is 0 Å². The number of hydrogen-bond donors (Lipinski definition) is 1. The second-order valence-electron chi connectivity index (χ2n) is 4.26. The Morgan fingerprint density at radius 1 is 1.19 bits per heavy atom. The summed E-state index contributed by atoms with van der Waals surface area (Å²) in [6, 6.07) is 7.16. The minimum Gasteiger partial charge on any atom is -0.493 e. The second kappa shape index (κ2) is 7.15. The third-order valence-corrected chi connectivity index (χ3v) is 3.17. The van der Waals surface area contributed by atoms with Gasteiger partial charge in [0.25, 0.3) is 0 Å². The SMILES string of the molecule is COc1cc(Cl)cc(CN)c1OCc1cccnc1OC. The van der Waals surface area contributed by atoms with E-state index in [1.54, 1.807) is 32.5 Å². The fourth-order valence-electron chi connectivity index (χ4n) is 1.96. The van der Waals surface area contributed by atoms with Gasteiger partial charge in [0.1, 0.15) is 6.61 Å². The molecule has 1 heterocycles. The average molecular weight is 309 g/mol. The molecule has 1 aromatic carbocycles. The quantitative estimate of drug-likeness (QED) is 0.889. The predicted molar refractivity (Wildman–Crippen MR) is 81.0 cm³/mol. The maximum absolute atomic E-state index is 6.02. The van der Waals surface area contributed by atoms with Gasteiger partial charge in [0.05, 0.1) is 19.8 Å². The normalized spacial score (nSPS) is 10.3. The summed E-state index contributed by atoms with van der Waals surface area (Å²) in [7, 11) is 3.13. The van der Waals surface area contributed by atoms with E-state index in [0.29, 0.717) is 35.6 Å². The summed E-state index contributed by atoms with van der Waals surface area (Å²) in [6.07, 6.45) is 1.66. The Kier molecular flexibility index (Phi) is 5.25. The lowest BCUT2D eigenvalue weighted by atomic mass is 10.2. The van der Waals surface area contributed by atoms with Gasteiger partial charge in [-0.05, 0) is 18.2 Å². The fraction of sp³-hybridized carbons (Fsp3) is 0.267. The van der Waals surface area contributed by atoms with Crippen LogP contribution in [0.25, 0.3) is 0 Å². The molecule has 21 heavy (non-hydrogen) atoms. The molecule has 2 aromatic rings. The first kappa shape index (κ1) is 15.4. The van der Waals surface area contributed by atoms with Crippen LogP contribution >= 0.6 is 11.6 Å². The van der Waals surface area contributed by atoms with Gasteiger partial charge in [0.2, 0.25) is 5.88 Å². The first-order chi connectivity index (χ1) is 10.2. The third kappa shape index (κ3) is 3.56. The Morgan fingerprint density at radius 2 is 2.00 bits per heavy atom. The number of nitrogens with zero attached hydrogens (tertiary/aromatic N) is 1. The minimum atomic E-state index is 0.294. The number of halogens is 1. The molecule has 2 N–H and O–H groups in total. The molecule has 0 aliphatic rings. The topological polar surface area (TPSA) is 66.6 Å². The second-order valence-corrected chi connectivity index (χ2v) is 4.70. The van der Waals surface area contributed by atoms with E-state index in [1.807, 2.05) is 12.1 Å². The summed E-state index contributed by atoms with van der Waals surface area (Å²) in [5.74, 6) is 1.65. The van der Waals surface area contributed by atoms with Crippen LogP contribution in [-0.4, -0.2) is 19.2 Å². The van der Waals surface area contributed by atoms with Crippen molar-refractivity contribution in [2.75, 3.05) is 14.2 Å². The zero-order valence-electron chi connectivity index (χ0n) is 11.9. The zero-order valence-corrected chi connectivity index (χ0v) is 12.7. The highest BCUT2D eigenvalue weighted by Gasteiger charge is 2.13. The molecule has 0 radical (unpaired) electrons. The summed E-state index contributed by atoms with van der Waals surface area (Å²) >= 11 is 6.02. The number of benzene rings is 1. The number of aromatic nitrogens is 1. The molecular formula is C15H17ClN2O3. The largest absolute Gasteiger partial charge is 0.493 e. The first-order valence-electron chi connectivity index (χ1n) is 6.36. The van der Waals surface area contributed by atoms with Crippen LogP contribution in [0.4, 0.5) is 0 Å². The minimum absolute atomic E-state index is 0.294.